The number of aromatic nitrogens is 3. The van der Waals surface area contributed by atoms with Crippen LogP contribution in [0.3, 0.4) is 0 Å². The summed E-state index contributed by atoms with van der Waals surface area (Å²) >= 11 is 0. The maximum Gasteiger partial charge on any atom is 0.337 e. The molecule has 0 saturated heterocycles. The van der Waals surface area contributed by atoms with Crippen LogP contribution in [0.25, 0.3) is 5.52 Å². The van der Waals surface area contributed by atoms with Crippen molar-refractivity contribution in [1.29, 1.82) is 0 Å². The third kappa shape index (κ3) is 2.83. The summed E-state index contributed by atoms with van der Waals surface area (Å²) < 4.78 is 1.73. The Labute approximate surface area is 138 Å². The summed E-state index contributed by atoms with van der Waals surface area (Å²) in [4.78, 5) is 27.4. The number of hydrogen-bond donors (Lipinski definition) is 2. The number of fused-ring (bicyclic) bond motifs is 1. The zero-order valence-electron chi connectivity index (χ0n) is 13.3. The molecule has 0 fully saturated rings. The molecular formula is C17H16N4O3. The number of nitrogens with one attached hydrogen (secondary N) is 1. The van der Waals surface area contributed by atoms with Gasteiger partial charge in [0.1, 0.15) is 0 Å². The molecule has 2 N–H and O–H groups in total. The average molecular weight is 324 g/mol. The number of aromatic carboxylic acids is 1. The molecule has 0 aliphatic carbocycles. The molecule has 0 saturated carbocycles. The first-order valence-electron chi connectivity index (χ1n) is 7.37. The van der Waals surface area contributed by atoms with Gasteiger partial charge in [-0.1, -0.05) is 6.07 Å². The highest BCUT2D eigenvalue weighted by Crippen LogP contribution is 2.17. The van der Waals surface area contributed by atoms with Crippen LogP contribution in [0.4, 0.5) is 0 Å². The normalized spacial score (nSPS) is 10.8. The molecule has 24 heavy (non-hydrogen) atoms. The summed E-state index contributed by atoms with van der Waals surface area (Å²) in [6.45, 7) is 3.90. The molecule has 0 atom stereocenters. The Morgan fingerprint density at radius 2 is 2.04 bits per heavy atom. The van der Waals surface area contributed by atoms with E-state index in [-0.39, 0.29) is 18.0 Å². The fraction of sp³-hybridized carbons (Fsp3) is 0.176. The molecule has 0 bridgehead atoms. The van der Waals surface area contributed by atoms with Crippen LogP contribution in [0.2, 0.25) is 0 Å². The van der Waals surface area contributed by atoms with Crippen molar-refractivity contribution in [3.63, 3.8) is 0 Å². The summed E-state index contributed by atoms with van der Waals surface area (Å²) in [6.07, 6.45) is 2.80. The number of carboxylic acid groups (broad SMARTS) is 1. The molecule has 3 rings (SSSR count). The Kier molecular flexibility index (Phi) is 3.99. The van der Waals surface area contributed by atoms with Gasteiger partial charge >= 0.3 is 5.97 Å². The smallest absolute Gasteiger partial charge is 0.337 e. The van der Waals surface area contributed by atoms with E-state index in [1.54, 1.807) is 11.4 Å². The van der Waals surface area contributed by atoms with Gasteiger partial charge in [0, 0.05) is 24.6 Å². The molecule has 0 aliphatic rings. The number of pyridine rings is 2. The fourth-order valence-electron chi connectivity index (χ4n) is 2.57. The molecule has 1 amide bonds. The van der Waals surface area contributed by atoms with Crippen molar-refractivity contribution in [3.8, 4) is 0 Å². The number of rotatable bonds is 4. The van der Waals surface area contributed by atoms with Crippen molar-refractivity contribution in [2.75, 3.05) is 0 Å². The quantitative estimate of drug-likeness (QED) is 0.765. The maximum absolute atomic E-state index is 12.5. The summed E-state index contributed by atoms with van der Waals surface area (Å²) in [6, 6.07) is 7.13. The molecule has 3 aromatic rings. The van der Waals surface area contributed by atoms with E-state index in [1.807, 2.05) is 25.1 Å². The first kappa shape index (κ1) is 15.7. The summed E-state index contributed by atoms with van der Waals surface area (Å²) in [5, 5.41) is 16.2. The first-order valence-corrected chi connectivity index (χ1v) is 7.37. The van der Waals surface area contributed by atoms with E-state index < -0.39 is 5.97 Å². The summed E-state index contributed by atoms with van der Waals surface area (Å²) in [5.74, 6) is -1.31. The van der Waals surface area contributed by atoms with Gasteiger partial charge in [-0.25, -0.2) is 9.31 Å². The Morgan fingerprint density at radius 3 is 2.79 bits per heavy atom. The van der Waals surface area contributed by atoms with Crippen molar-refractivity contribution in [2.45, 2.75) is 20.4 Å². The third-order valence-corrected chi connectivity index (χ3v) is 3.74. The number of carboxylic acids is 1. The second kappa shape index (κ2) is 6.11. The molecular weight excluding hydrogens is 308 g/mol. The standard InChI is InChI=1S/C17H16N4O3/c1-10-4-3-5-14-15(11(2)20-21(10)14)16(22)19-8-12-6-13(17(23)24)9-18-7-12/h3-7,9H,8H2,1-2H3,(H,19,22)(H,23,24). The molecule has 7 heteroatoms. The van der Waals surface area contributed by atoms with Crippen LogP contribution in [0.1, 0.15) is 37.7 Å². The van der Waals surface area contributed by atoms with E-state index in [1.165, 1.54) is 18.5 Å². The molecule has 0 unspecified atom stereocenters. The zero-order chi connectivity index (χ0) is 17.3. The van der Waals surface area contributed by atoms with E-state index in [0.717, 1.165) is 11.2 Å². The lowest BCUT2D eigenvalue weighted by atomic mass is 10.1. The average Bonchev–Trinajstić information content (AvgIpc) is 2.90. The van der Waals surface area contributed by atoms with E-state index >= 15 is 0 Å². The van der Waals surface area contributed by atoms with Crippen molar-refractivity contribution in [3.05, 3.63) is 64.7 Å². The lowest BCUT2D eigenvalue weighted by Gasteiger charge is -2.06. The maximum atomic E-state index is 12.5. The number of amides is 1. The minimum Gasteiger partial charge on any atom is -0.478 e. The van der Waals surface area contributed by atoms with Gasteiger partial charge in [0.05, 0.1) is 22.3 Å². The van der Waals surface area contributed by atoms with Gasteiger partial charge < -0.3 is 10.4 Å². The first-order chi connectivity index (χ1) is 11.5. The monoisotopic (exact) mass is 324 g/mol. The number of aryl methyl sites for hydroxylation is 2. The molecule has 0 radical (unpaired) electrons. The minimum absolute atomic E-state index is 0.0875. The van der Waals surface area contributed by atoms with Gasteiger partial charge in [0.25, 0.3) is 5.91 Å². The molecule has 0 aromatic carbocycles. The van der Waals surface area contributed by atoms with E-state index in [0.29, 0.717) is 16.8 Å². The lowest BCUT2D eigenvalue weighted by Crippen LogP contribution is -2.23. The van der Waals surface area contributed by atoms with Gasteiger partial charge in [-0.2, -0.15) is 5.10 Å². The second-order valence-electron chi connectivity index (χ2n) is 5.49. The molecule has 0 aliphatic heterocycles. The minimum atomic E-state index is -1.05. The van der Waals surface area contributed by atoms with E-state index in [9.17, 15) is 9.59 Å². The van der Waals surface area contributed by atoms with Crippen molar-refractivity contribution in [1.82, 2.24) is 19.9 Å². The fourth-order valence-corrected chi connectivity index (χ4v) is 2.57. The van der Waals surface area contributed by atoms with E-state index in [2.05, 4.69) is 15.4 Å². The van der Waals surface area contributed by atoms with Crippen LogP contribution in [0, 0.1) is 13.8 Å². The molecule has 0 spiro atoms. The van der Waals surface area contributed by atoms with Gasteiger partial charge in [0.2, 0.25) is 0 Å². The Balaban J connectivity index is 1.84. The highest BCUT2D eigenvalue weighted by molar-refractivity contribution is 6.02. The highest BCUT2D eigenvalue weighted by Gasteiger charge is 2.17. The van der Waals surface area contributed by atoms with Crippen LogP contribution >= 0.6 is 0 Å². The zero-order valence-corrected chi connectivity index (χ0v) is 13.3. The number of hydrogen-bond acceptors (Lipinski definition) is 4. The Hall–Kier alpha value is -3.22. The van der Waals surface area contributed by atoms with Crippen molar-refractivity contribution < 1.29 is 14.7 Å². The summed E-state index contributed by atoms with van der Waals surface area (Å²) in [7, 11) is 0. The molecule has 7 nitrogen and oxygen atoms in total. The topological polar surface area (TPSA) is 96.6 Å². The van der Waals surface area contributed by atoms with Crippen LogP contribution in [0.15, 0.2) is 36.7 Å². The van der Waals surface area contributed by atoms with E-state index in [4.69, 9.17) is 5.11 Å². The Morgan fingerprint density at radius 1 is 1.25 bits per heavy atom. The van der Waals surface area contributed by atoms with Crippen molar-refractivity contribution in [2.24, 2.45) is 0 Å². The Bertz CT molecular complexity index is 946. The molecule has 122 valence electrons. The van der Waals surface area contributed by atoms with Gasteiger partial charge in [-0.05, 0) is 37.6 Å². The van der Waals surface area contributed by atoms with Crippen molar-refractivity contribution >= 4 is 17.4 Å². The SMILES string of the molecule is Cc1nn2c(C)cccc2c1C(=O)NCc1cncc(C(=O)O)c1. The van der Waals surface area contributed by atoms with Gasteiger partial charge in [-0.3, -0.25) is 9.78 Å². The summed E-state index contributed by atoms with van der Waals surface area (Å²) in [5.41, 5.74) is 3.54. The molecule has 3 heterocycles. The van der Waals surface area contributed by atoms with Gasteiger partial charge in [0.15, 0.2) is 0 Å². The van der Waals surface area contributed by atoms with Crippen LogP contribution in [-0.2, 0) is 6.54 Å². The number of carbonyl (C=O) groups is 2. The van der Waals surface area contributed by atoms with Gasteiger partial charge in [-0.15, -0.1) is 0 Å². The third-order valence-electron chi connectivity index (χ3n) is 3.74. The van der Waals surface area contributed by atoms with Crippen LogP contribution < -0.4 is 5.32 Å². The second-order valence-corrected chi connectivity index (χ2v) is 5.49. The number of nitrogens with zero attached hydrogens (tertiary/aromatic N) is 3. The highest BCUT2D eigenvalue weighted by atomic mass is 16.4. The number of carbonyl (C=O) groups excluding carboxylic acids is 1. The molecule has 3 aromatic heterocycles. The van der Waals surface area contributed by atoms with Crippen LogP contribution in [-0.4, -0.2) is 31.6 Å². The predicted octanol–water partition coefficient (Wildman–Crippen LogP) is 1.97. The largest absolute Gasteiger partial charge is 0.478 e. The predicted molar refractivity (Wildman–Crippen MR) is 87.0 cm³/mol. The lowest BCUT2D eigenvalue weighted by molar-refractivity contribution is 0.0696. The van der Waals surface area contributed by atoms with Crippen LogP contribution in [0.5, 0.6) is 0 Å².